The number of halogens is 3. The largest absolute Gasteiger partial charge is 0.420 e. The van der Waals surface area contributed by atoms with Crippen molar-refractivity contribution in [2.24, 2.45) is 0 Å². The summed E-state index contributed by atoms with van der Waals surface area (Å²) in [6, 6.07) is 9.36. The summed E-state index contributed by atoms with van der Waals surface area (Å²) >= 11 is 0. The number of carbonyl (C=O) groups excluding carboxylic acids is 1. The van der Waals surface area contributed by atoms with E-state index in [0.717, 1.165) is 22.5 Å². The van der Waals surface area contributed by atoms with E-state index < -0.39 is 38.5 Å². The van der Waals surface area contributed by atoms with Gasteiger partial charge in [0.15, 0.2) is 5.58 Å². The average molecular weight is 483 g/mol. The van der Waals surface area contributed by atoms with Crippen molar-refractivity contribution in [3.63, 3.8) is 0 Å². The Morgan fingerprint density at radius 3 is 2.36 bits per heavy atom. The summed E-state index contributed by atoms with van der Waals surface area (Å²) < 4.78 is 72.1. The highest BCUT2D eigenvalue weighted by Crippen LogP contribution is 2.31. The van der Waals surface area contributed by atoms with E-state index in [0.29, 0.717) is 17.2 Å². The molecular formula is C21H20F3N3O5S. The Morgan fingerprint density at radius 1 is 1.03 bits per heavy atom. The van der Waals surface area contributed by atoms with Gasteiger partial charge in [-0.3, -0.25) is 9.36 Å². The lowest BCUT2D eigenvalue weighted by Gasteiger charge is -2.35. The number of piperazine rings is 1. The number of aromatic nitrogens is 1. The first-order valence-electron chi connectivity index (χ1n) is 10.1. The molecule has 0 aliphatic carbocycles. The van der Waals surface area contributed by atoms with Crippen molar-refractivity contribution < 1.29 is 30.8 Å². The zero-order valence-electron chi connectivity index (χ0n) is 17.4. The number of para-hydroxylation sites is 2. The molecule has 2 aromatic carbocycles. The second kappa shape index (κ2) is 8.34. The average Bonchev–Trinajstić information content (AvgIpc) is 3.13. The lowest BCUT2D eigenvalue weighted by atomic mass is 10.2. The summed E-state index contributed by atoms with van der Waals surface area (Å²) in [7, 11) is -4.17. The normalized spacial score (nSPS) is 16.8. The fourth-order valence-corrected chi connectivity index (χ4v) is 5.32. The second-order valence-corrected chi connectivity index (χ2v) is 9.57. The van der Waals surface area contributed by atoms with Crippen molar-refractivity contribution in [2.45, 2.75) is 24.0 Å². The van der Waals surface area contributed by atoms with Gasteiger partial charge < -0.3 is 9.32 Å². The van der Waals surface area contributed by atoms with Crippen molar-refractivity contribution >= 4 is 27.0 Å². The molecule has 1 fully saturated rings. The molecule has 0 radical (unpaired) electrons. The van der Waals surface area contributed by atoms with Crippen LogP contribution in [-0.4, -0.2) is 54.3 Å². The Bertz CT molecular complexity index is 1360. The lowest BCUT2D eigenvalue weighted by molar-refractivity contribution is -0.138. The van der Waals surface area contributed by atoms with Gasteiger partial charge in [0.1, 0.15) is 6.04 Å². The number of carbonyl (C=O) groups is 1. The summed E-state index contributed by atoms with van der Waals surface area (Å²) in [6.45, 7) is 1.45. The molecule has 33 heavy (non-hydrogen) atoms. The molecule has 0 N–H and O–H groups in total. The number of oxazole rings is 1. The minimum absolute atomic E-state index is 0.0336. The van der Waals surface area contributed by atoms with Crippen LogP contribution < -0.4 is 5.76 Å². The van der Waals surface area contributed by atoms with Gasteiger partial charge in [-0.1, -0.05) is 18.2 Å². The van der Waals surface area contributed by atoms with Gasteiger partial charge in [0.2, 0.25) is 15.9 Å². The summed E-state index contributed by atoms with van der Waals surface area (Å²) in [5.74, 6) is -1.07. The predicted octanol–water partition coefficient (Wildman–Crippen LogP) is 2.71. The molecule has 1 saturated heterocycles. The van der Waals surface area contributed by atoms with Gasteiger partial charge in [0, 0.05) is 26.2 Å². The number of amides is 1. The molecule has 1 atom stereocenters. The standard InChI is InChI=1S/C21H20F3N3O5S/c1-14(27-17-7-2-3-8-18(17)32-20(27)29)19(28)25-9-11-26(12-10-25)33(30,31)16-6-4-5-15(13-16)21(22,23)24/h2-8,13-14H,9-12H2,1H3. The van der Waals surface area contributed by atoms with Crippen LogP contribution in [0.15, 0.2) is 62.6 Å². The summed E-state index contributed by atoms with van der Waals surface area (Å²) in [4.78, 5) is 26.2. The molecule has 0 bridgehead atoms. The van der Waals surface area contributed by atoms with E-state index in [2.05, 4.69) is 0 Å². The number of sulfonamides is 1. The minimum atomic E-state index is -4.66. The molecule has 1 amide bonds. The van der Waals surface area contributed by atoms with Gasteiger partial charge in [-0.25, -0.2) is 13.2 Å². The number of alkyl halides is 3. The molecule has 4 rings (SSSR count). The quantitative estimate of drug-likeness (QED) is 0.569. The van der Waals surface area contributed by atoms with Crippen molar-refractivity contribution in [1.82, 2.24) is 13.8 Å². The maximum Gasteiger partial charge on any atom is 0.420 e. The van der Waals surface area contributed by atoms with Crippen LogP contribution in [0, 0.1) is 0 Å². The molecule has 12 heteroatoms. The molecule has 1 aliphatic rings. The molecule has 1 aromatic heterocycles. The van der Waals surface area contributed by atoms with E-state index in [1.54, 1.807) is 31.2 Å². The summed E-state index contributed by atoms with van der Waals surface area (Å²) in [5.41, 5.74) is -0.239. The van der Waals surface area contributed by atoms with Crippen molar-refractivity contribution in [3.8, 4) is 0 Å². The van der Waals surface area contributed by atoms with Gasteiger partial charge in [0.25, 0.3) is 0 Å². The van der Waals surface area contributed by atoms with Crippen LogP contribution >= 0.6 is 0 Å². The summed E-state index contributed by atoms with van der Waals surface area (Å²) in [5, 5.41) is 0. The van der Waals surface area contributed by atoms with Crippen LogP contribution in [0.3, 0.4) is 0 Å². The van der Waals surface area contributed by atoms with E-state index in [9.17, 15) is 31.2 Å². The monoisotopic (exact) mass is 483 g/mol. The fourth-order valence-electron chi connectivity index (χ4n) is 3.86. The molecule has 176 valence electrons. The highest BCUT2D eigenvalue weighted by molar-refractivity contribution is 7.89. The molecule has 0 spiro atoms. The van der Waals surface area contributed by atoms with Crippen LogP contribution in [0.2, 0.25) is 0 Å². The van der Waals surface area contributed by atoms with Gasteiger partial charge in [0.05, 0.1) is 16.0 Å². The van der Waals surface area contributed by atoms with Gasteiger partial charge in [-0.05, 0) is 37.3 Å². The zero-order valence-corrected chi connectivity index (χ0v) is 18.3. The Kier molecular flexibility index (Phi) is 5.83. The zero-order chi connectivity index (χ0) is 24.0. The predicted molar refractivity (Wildman–Crippen MR) is 112 cm³/mol. The molecule has 1 unspecified atom stereocenters. The Morgan fingerprint density at radius 2 is 1.70 bits per heavy atom. The van der Waals surface area contributed by atoms with E-state index in [-0.39, 0.29) is 32.1 Å². The highest BCUT2D eigenvalue weighted by Gasteiger charge is 2.35. The number of hydrogen-bond donors (Lipinski definition) is 0. The van der Waals surface area contributed by atoms with Crippen molar-refractivity contribution in [1.29, 1.82) is 0 Å². The van der Waals surface area contributed by atoms with Crippen LogP contribution in [-0.2, 0) is 21.0 Å². The first-order chi connectivity index (χ1) is 15.5. The molecule has 1 aliphatic heterocycles. The SMILES string of the molecule is CC(C(=O)N1CCN(S(=O)(=O)c2cccc(C(F)(F)F)c2)CC1)n1c(=O)oc2ccccc21. The molecule has 3 aromatic rings. The van der Waals surface area contributed by atoms with E-state index in [4.69, 9.17) is 4.42 Å². The first kappa shape index (κ1) is 23.1. The maximum absolute atomic E-state index is 13.0. The maximum atomic E-state index is 13.0. The number of hydrogen-bond acceptors (Lipinski definition) is 5. The molecule has 2 heterocycles. The van der Waals surface area contributed by atoms with Gasteiger partial charge >= 0.3 is 11.9 Å². The van der Waals surface area contributed by atoms with Crippen molar-refractivity contribution in [3.05, 3.63) is 64.6 Å². The van der Waals surface area contributed by atoms with E-state index in [1.807, 2.05) is 0 Å². The summed E-state index contributed by atoms with van der Waals surface area (Å²) in [6.07, 6.45) is -4.66. The molecule has 8 nitrogen and oxygen atoms in total. The third kappa shape index (κ3) is 4.27. The lowest BCUT2D eigenvalue weighted by Crippen LogP contribution is -2.52. The third-order valence-corrected chi connectivity index (χ3v) is 7.51. The van der Waals surface area contributed by atoms with Crippen molar-refractivity contribution in [2.75, 3.05) is 26.2 Å². The van der Waals surface area contributed by atoms with Crippen LogP contribution in [0.1, 0.15) is 18.5 Å². The topological polar surface area (TPSA) is 92.8 Å². The number of nitrogens with zero attached hydrogens (tertiary/aromatic N) is 3. The number of fused-ring (bicyclic) bond motifs is 1. The Balaban J connectivity index is 1.49. The second-order valence-electron chi connectivity index (χ2n) is 7.64. The first-order valence-corrected chi connectivity index (χ1v) is 11.5. The van der Waals surface area contributed by atoms with Crippen LogP contribution in [0.5, 0.6) is 0 Å². The highest BCUT2D eigenvalue weighted by atomic mass is 32.2. The molecule has 0 saturated carbocycles. The third-order valence-electron chi connectivity index (χ3n) is 5.61. The number of benzene rings is 2. The van der Waals surface area contributed by atoms with Crippen LogP contribution in [0.4, 0.5) is 13.2 Å². The fraction of sp³-hybridized carbons (Fsp3) is 0.333. The minimum Gasteiger partial charge on any atom is -0.408 e. The number of rotatable bonds is 4. The van der Waals surface area contributed by atoms with E-state index in [1.165, 1.54) is 9.47 Å². The molecular weight excluding hydrogens is 463 g/mol. The Labute approximate surface area is 186 Å². The van der Waals surface area contributed by atoms with Gasteiger partial charge in [-0.2, -0.15) is 17.5 Å². The smallest absolute Gasteiger partial charge is 0.408 e. The van der Waals surface area contributed by atoms with E-state index >= 15 is 0 Å². The van der Waals surface area contributed by atoms with Gasteiger partial charge in [-0.15, -0.1) is 0 Å². The Hall–Kier alpha value is -3.12. The van der Waals surface area contributed by atoms with Crippen LogP contribution in [0.25, 0.3) is 11.1 Å².